The van der Waals surface area contributed by atoms with Gasteiger partial charge in [-0.05, 0) is 17.7 Å². The van der Waals surface area contributed by atoms with Gasteiger partial charge >= 0.3 is 5.97 Å². The second-order valence-electron chi connectivity index (χ2n) is 3.59. The summed E-state index contributed by atoms with van der Waals surface area (Å²) in [7, 11) is 0. The van der Waals surface area contributed by atoms with Crippen LogP contribution in [0.15, 0.2) is 12.1 Å². The molecule has 0 spiro atoms. The number of esters is 1. The van der Waals surface area contributed by atoms with Crippen molar-refractivity contribution < 1.29 is 14.3 Å². The van der Waals surface area contributed by atoms with Crippen LogP contribution in [-0.4, -0.2) is 17.9 Å². The summed E-state index contributed by atoms with van der Waals surface area (Å²) in [5.41, 5.74) is 1.14. The van der Waals surface area contributed by atoms with Gasteiger partial charge in [-0.1, -0.05) is 23.2 Å². The molecule has 1 aliphatic rings. The van der Waals surface area contributed by atoms with Gasteiger partial charge in [0, 0.05) is 23.9 Å². The summed E-state index contributed by atoms with van der Waals surface area (Å²) in [6.45, 7) is 1.27. The van der Waals surface area contributed by atoms with E-state index in [2.05, 4.69) is 0 Å². The third-order valence-corrected chi connectivity index (χ3v) is 2.91. The van der Waals surface area contributed by atoms with Crippen molar-refractivity contribution >= 4 is 35.0 Å². The SMILES string of the molecule is CC(=O)OC1Cc2cc(Cl)cc(Cl)c2C1=O. The van der Waals surface area contributed by atoms with Crippen LogP contribution in [0.3, 0.4) is 0 Å². The molecular weight excluding hydrogens is 251 g/mol. The lowest BCUT2D eigenvalue weighted by Crippen LogP contribution is -2.22. The maximum Gasteiger partial charge on any atom is 0.303 e. The van der Waals surface area contributed by atoms with E-state index in [0.717, 1.165) is 5.56 Å². The highest BCUT2D eigenvalue weighted by molar-refractivity contribution is 6.37. The van der Waals surface area contributed by atoms with Crippen LogP contribution in [-0.2, 0) is 16.0 Å². The van der Waals surface area contributed by atoms with Crippen LogP contribution in [0, 0.1) is 0 Å². The smallest absolute Gasteiger partial charge is 0.303 e. The molecule has 16 heavy (non-hydrogen) atoms. The van der Waals surface area contributed by atoms with Gasteiger partial charge in [0.2, 0.25) is 5.78 Å². The third kappa shape index (κ3) is 1.93. The first kappa shape index (κ1) is 11.4. The number of hydrogen-bond donors (Lipinski definition) is 0. The summed E-state index contributed by atoms with van der Waals surface area (Å²) in [6, 6.07) is 3.18. The van der Waals surface area contributed by atoms with Gasteiger partial charge in [0.15, 0.2) is 6.10 Å². The van der Waals surface area contributed by atoms with Crippen molar-refractivity contribution in [2.75, 3.05) is 0 Å². The van der Waals surface area contributed by atoms with E-state index in [9.17, 15) is 9.59 Å². The lowest BCUT2D eigenvalue weighted by Gasteiger charge is -2.07. The zero-order chi connectivity index (χ0) is 11.9. The molecule has 1 atom stereocenters. The first-order chi connectivity index (χ1) is 7.49. The zero-order valence-corrected chi connectivity index (χ0v) is 9.93. The van der Waals surface area contributed by atoms with E-state index in [4.69, 9.17) is 27.9 Å². The van der Waals surface area contributed by atoms with Gasteiger partial charge in [-0.15, -0.1) is 0 Å². The van der Waals surface area contributed by atoms with Crippen LogP contribution >= 0.6 is 23.2 Å². The maximum atomic E-state index is 11.9. The minimum Gasteiger partial charge on any atom is -0.454 e. The van der Waals surface area contributed by atoms with Crippen LogP contribution in [0.5, 0.6) is 0 Å². The van der Waals surface area contributed by atoms with Crippen molar-refractivity contribution in [3.8, 4) is 0 Å². The van der Waals surface area contributed by atoms with Crippen molar-refractivity contribution in [2.24, 2.45) is 0 Å². The molecule has 1 unspecified atom stereocenters. The summed E-state index contributed by atoms with van der Waals surface area (Å²) in [4.78, 5) is 22.7. The molecule has 5 heteroatoms. The van der Waals surface area contributed by atoms with Crippen molar-refractivity contribution in [2.45, 2.75) is 19.4 Å². The maximum absolute atomic E-state index is 11.9. The fourth-order valence-corrected chi connectivity index (χ4v) is 2.44. The van der Waals surface area contributed by atoms with E-state index in [1.807, 2.05) is 0 Å². The Hall–Kier alpha value is -1.06. The lowest BCUT2D eigenvalue weighted by molar-refractivity contribution is -0.144. The standard InChI is InChI=1S/C11H8Cl2O3/c1-5(14)16-9-3-6-2-7(12)4-8(13)10(6)11(9)15/h2,4,9H,3H2,1H3. The van der Waals surface area contributed by atoms with Gasteiger partial charge in [-0.3, -0.25) is 9.59 Å². The van der Waals surface area contributed by atoms with E-state index in [0.29, 0.717) is 22.0 Å². The lowest BCUT2D eigenvalue weighted by atomic mass is 10.1. The van der Waals surface area contributed by atoms with Gasteiger partial charge in [0.25, 0.3) is 0 Å². The third-order valence-electron chi connectivity index (χ3n) is 2.39. The molecule has 0 N–H and O–H groups in total. The fraction of sp³-hybridized carbons (Fsp3) is 0.273. The second kappa shape index (κ2) is 4.07. The number of fused-ring (bicyclic) bond motifs is 1. The van der Waals surface area contributed by atoms with Crippen molar-refractivity contribution in [3.63, 3.8) is 0 Å². The molecule has 2 rings (SSSR count). The predicted molar refractivity (Wildman–Crippen MR) is 60.1 cm³/mol. The Kier molecular flexibility index (Phi) is 2.91. The van der Waals surface area contributed by atoms with Crippen LogP contribution in [0.25, 0.3) is 0 Å². The van der Waals surface area contributed by atoms with Crippen molar-refractivity contribution in [1.29, 1.82) is 0 Å². The van der Waals surface area contributed by atoms with Crippen LogP contribution in [0.1, 0.15) is 22.8 Å². The minimum atomic E-state index is -0.761. The second-order valence-corrected chi connectivity index (χ2v) is 4.43. The van der Waals surface area contributed by atoms with Crippen LogP contribution in [0.2, 0.25) is 10.0 Å². The molecule has 3 nitrogen and oxygen atoms in total. The Bertz CT molecular complexity index is 482. The van der Waals surface area contributed by atoms with Gasteiger partial charge < -0.3 is 4.74 Å². The molecule has 0 amide bonds. The number of Topliss-reactive ketones (excluding diaryl/α,β-unsaturated/α-hetero) is 1. The molecule has 1 aromatic carbocycles. The molecule has 0 aromatic heterocycles. The van der Waals surface area contributed by atoms with E-state index in [1.54, 1.807) is 6.07 Å². The summed E-state index contributed by atoms with van der Waals surface area (Å²) >= 11 is 11.8. The number of benzene rings is 1. The van der Waals surface area contributed by atoms with Gasteiger partial charge in [0.1, 0.15) is 0 Å². The molecule has 0 bridgehead atoms. The van der Waals surface area contributed by atoms with Gasteiger partial charge in [-0.2, -0.15) is 0 Å². The fourth-order valence-electron chi connectivity index (χ4n) is 1.81. The molecular formula is C11H8Cl2O3. The number of carbonyl (C=O) groups excluding carboxylic acids is 2. The molecule has 0 saturated carbocycles. The average molecular weight is 259 g/mol. The van der Waals surface area contributed by atoms with E-state index in [-0.39, 0.29) is 5.78 Å². The molecule has 1 aromatic rings. The monoisotopic (exact) mass is 258 g/mol. The molecule has 0 saturated heterocycles. The molecule has 0 fully saturated rings. The summed E-state index contributed by atoms with van der Waals surface area (Å²) < 4.78 is 4.91. The zero-order valence-electron chi connectivity index (χ0n) is 8.42. The highest BCUT2D eigenvalue weighted by Crippen LogP contribution is 2.33. The Morgan fingerprint density at radius 3 is 2.75 bits per heavy atom. The van der Waals surface area contributed by atoms with Crippen LogP contribution in [0.4, 0.5) is 0 Å². The summed E-state index contributed by atoms with van der Waals surface area (Å²) in [5.74, 6) is -0.736. The first-order valence-electron chi connectivity index (χ1n) is 4.68. The molecule has 0 heterocycles. The van der Waals surface area contributed by atoms with Crippen molar-refractivity contribution in [3.05, 3.63) is 33.3 Å². The van der Waals surface area contributed by atoms with Gasteiger partial charge in [0.05, 0.1) is 5.02 Å². The highest BCUT2D eigenvalue weighted by Gasteiger charge is 2.34. The van der Waals surface area contributed by atoms with E-state index in [1.165, 1.54) is 13.0 Å². The van der Waals surface area contributed by atoms with E-state index >= 15 is 0 Å². The Balaban J connectivity index is 2.38. The highest BCUT2D eigenvalue weighted by atomic mass is 35.5. The largest absolute Gasteiger partial charge is 0.454 e. The Labute approximate surface area is 102 Å². The first-order valence-corrected chi connectivity index (χ1v) is 5.44. The molecule has 0 aliphatic heterocycles. The predicted octanol–water partition coefficient (Wildman–Crippen LogP) is 2.66. The number of hydrogen-bond acceptors (Lipinski definition) is 3. The number of carbonyl (C=O) groups is 2. The number of ether oxygens (including phenoxy) is 1. The summed E-state index contributed by atoms with van der Waals surface area (Å²) in [5, 5.41) is 0.780. The average Bonchev–Trinajstić information content (AvgIpc) is 2.41. The van der Waals surface area contributed by atoms with E-state index < -0.39 is 12.1 Å². The Morgan fingerprint density at radius 1 is 1.44 bits per heavy atom. The molecule has 0 radical (unpaired) electrons. The number of ketones is 1. The quantitative estimate of drug-likeness (QED) is 0.728. The van der Waals surface area contributed by atoms with Crippen molar-refractivity contribution in [1.82, 2.24) is 0 Å². The number of rotatable bonds is 1. The normalized spacial score (nSPS) is 18.4. The van der Waals surface area contributed by atoms with Crippen LogP contribution < -0.4 is 0 Å². The van der Waals surface area contributed by atoms with Gasteiger partial charge in [-0.25, -0.2) is 0 Å². The summed E-state index contributed by atoms with van der Waals surface area (Å²) in [6.07, 6.45) is -0.419. The molecule has 1 aliphatic carbocycles. The number of halogens is 2. The topological polar surface area (TPSA) is 43.4 Å². The Morgan fingerprint density at radius 2 is 2.12 bits per heavy atom. The minimum absolute atomic E-state index is 0.258. The molecule has 84 valence electrons.